The molecule has 8 nitrogen and oxygen atoms in total. The number of methoxy groups -OCH3 is 2. The Morgan fingerprint density at radius 3 is 2.63 bits per heavy atom. The third kappa shape index (κ3) is 5.93. The summed E-state index contributed by atoms with van der Waals surface area (Å²) < 4.78 is 10.7. The molecule has 2 aromatic rings. The number of carbonyl (C=O) groups excluding carboxylic acids is 3. The number of hydrogen-bond acceptors (Lipinski definition) is 7. The molecule has 35 heavy (non-hydrogen) atoms. The second-order valence-electron chi connectivity index (χ2n) is 7.15. The Bertz CT molecular complexity index is 1260. The molecule has 0 bridgehead atoms. The van der Waals surface area contributed by atoms with Crippen LogP contribution in [0.15, 0.2) is 51.5 Å². The van der Waals surface area contributed by atoms with Gasteiger partial charge in [0.25, 0.3) is 0 Å². The highest BCUT2D eigenvalue weighted by Crippen LogP contribution is 2.42. The van der Waals surface area contributed by atoms with Gasteiger partial charge in [0, 0.05) is 5.92 Å². The number of nitrogens with one attached hydrogen (secondary N) is 2. The van der Waals surface area contributed by atoms with Crippen molar-refractivity contribution in [2.45, 2.75) is 5.92 Å². The Morgan fingerprint density at radius 1 is 1.26 bits per heavy atom. The lowest BCUT2D eigenvalue weighted by Gasteiger charge is -2.31. The van der Waals surface area contributed by atoms with Gasteiger partial charge >= 0.3 is 5.97 Å². The van der Waals surface area contributed by atoms with Gasteiger partial charge in [0.15, 0.2) is 0 Å². The Kier molecular flexibility index (Phi) is 9.08. The molecule has 2 atom stereocenters. The molecule has 0 spiro atoms. The first-order chi connectivity index (χ1) is 16.7. The molecule has 0 aliphatic carbocycles. The van der Waals surface area contributed by atoms with Gasteiger partial charge in [-0.2, -0.15) is 5.26 Å². The second-order valence-corrected chi connectivity index (χ2v) is 9.78. The summed E-state index contributed by atoms with van der Waals surface area (Å²) in [5, 5.41) is 15.9. The Balaban J connectivity index is 1.93. The highest BCUT2D eigenvalue weighted by atomic mass is 79.9. The predicted octanol–water partition coefficient (Wildman–Crippen LogP) is 4.87. The largest absolute Gasteiger partial charge is 0.496 e. The van der Waals surface area contributed by atoms with E-state index in [9.17, 15) is 19.6 Å². The van der Waals surface area contributed by atoms with Crippen LogP contribution in [0, 0.1) is 17.2 Å². The minimum atomic E-state index is -1.29. The molecule has 182 valence electrons. The number of hydrogen-bond donors (Lipinski definition) is 2. The fourth-order valence-electron chi connectivity index (χ4n) is 3.48. The molecule has 12 heteroatoms. The van der Waals surface area contributed by atoms with Crippen molar-refractivity contribution in [3.05, 3.63) is 67.1 Å². The number of benzene rings is 2. The first-order valence-corrected chi connectivity index (χ1v) is 12.5. The van der Waals surface area contributed by atoms with Crippen LogP contribution in [0.5, 0.6) is 5.75 Å². The number of anilines is 1. The van der Waals surface area contributed by atoms with Crippen LogP contribution in [-0.4, -0.2) is 37.8 Å². The summed E-state index contributed by atoms with van der Waals surface area (Å²) in [7, 11) is 2.67. The molecule has 0 saturated carbocycles. The number of nitriles is 1. The van der Waals surface area contributed by atoms with Crippen LogP contribution < -0.4 is 15.4 Å². The van der Waals surface area contributed by atoms with Crippen LogP contribution in [0.1, 0.15) is 11.5 Å². The Morgan fingerprint density at radius 2 is 2.00 bits per heavy atom. The number of carbonyl (C=O) groups is 3. The number of esters is 1. The zero-order valence-corrected chi connectivity index (χ0v) is 22.3. The van der Waals surface area contributed by atoms with Crippen LogP contribution in [0.25, 0.3) is 0 Å². The van der Waals surface area contributed by atoms with E-state index in [4.69, 9.17) is 32.7 Å². The molecule has 2 amide bonds. The summed E-state index contributed by atoms with van der Waals surface area (Å²) >= 11 is 16.4. The van der Waals surface area contributed by atoms with Crippen molar-refractivity contribution in [1.29, 1.82) is 5.26 Å². The van der Waals surface area contributed by atoms with Gasteiger partial charge in [-0.1, -0.05) is 47.1 Å². The molecule has 2 N–H and O–H groups in total. The van der Waals surface area contributed by atoms with Gasteiger partial charge in [-0.15, -0.1) is 0 Å². The summed E-state index contributed by atoms with van der Waals surface area (Å²) in [5.74, 6) is -3.70. The monoisotopic (exact) mass is 597 g/mol. The smallest absolute Gasteiger partial charge is 0.319 e. The number of rotatable bonds is 7. The lowest BCUT2D eigenvalue weighted by molar-refractivity contribution is -0.150. The number of nitrogens with zero attached hydrogens (tertiary/aromatic N) is 1. The number of ether oxygens (including phenoxy) is 2. The average molecular weight is 599 g/mol. The molecule has 1 aliphatic rings. The summed E-state index contributed by atoms with van der Waals surface area (Å²) in [6.07, 6.45) is 0. The quantitative estimate of drug-likeness (QED) is 0.345. The van der Waals surface area contributed by atoms with Gasteiger partial charge in [-0.3, -0.25) is 14.4 Å². The fraction of sp³-hybridized carbons (Fsp3) is 0.217. The van der Waals surface area contributed by atoms with E-state index in [0.717, 1.165) is 11.8 Å². The van der Waals surface area contributed by atoms with Crippen molar-refractivity contribution in [2.24, 2.45) is 5.92 Å². The molecule has 0 radical (unpaired) electrons. The number of thioether (sulfide) groups is 1. The van der Waals surface area contributed by atoms with Crippen molar-refractivity contribution < 1.29 is 23.9 Å². The third-order valence-corrected chi connectivity index (χ3v) is 7.55. The molecule has 3 rings (SSSR count). The van der Waals surface area contributed by atoms with E-state index in [1.54, 1.807) is 36.4 Å². The van der Waals surface area contributed by atoms with Crippen molar-refractivity contribution in [1.82, 2.24) is 5.32 Å². The molecule has 0 aromatic heterocycles. The van der Waals surface area contributed by atoms with Gasteiger partial charge in [0.05, 0.1) is 56.8 Å². The van der Waals surface area contributed by atoms with Crippen molar-refractivity contribution in [3.63, 3.8) is 0 Å². The molecule has 2 aromatic carbocycles. The first kappa shape index (κ1) is 26.9. The molecule has 0 fully saturated rings. The van der Waals surface area contributed by atoms with Gasteiger partial charge in [-0.05, 0) is 45.8 Å². The number of amides is 2. The van der Waals surface area contributed by atoms with E-state index in [1.807, 2.05) is 0 Å². The van der Waals surface area contributed by atoms with Crippen LogP contribution in [0.3, 0.4) is 0 Å². The van der Waals surface area contributed by atoms with E-state index >= 15 is 0 Å². The third-order valence-electron chi connectivity index (χ3n) is 5.09. The topological polar surface area (TPSA) is 118 Å². The minimum Gasteiger partial charge on any atom is -0.496 e. The maximum absolute atomic E-state index is 12.9. The van der Waals surface area contributed by atoms with Crippen LogP contribution in [0.4, 0.5) is 5.69 Å². The van der Waals surface area contributed by atoms with Gasteiger partial charge in [-0.25, -0.2) is 0 Å². The molecule has 0 saturated heterocycles. The molecular weight excluding hydrogens is 581 g/mol. The number of halogens is 3. The van der Waals surface area contributed by atoms with Crippen LogP contribution in [-0.2, 0) is 19.1 Å². The minimum absolute atomic E-state index is 0.121. The molecular formula is C23H18BrCl2N3O5S. The van der Waals surface area contributed by atoms with E-state index < -0.39 is 29.6 Å². The molecule has 1 aliphatic heterocycles. The van der Waals surface area contributed by atoms with Gasteiger partial charge in [0.2, 0.25) is 11.8 Å². The van der Waals surface area contributed by atoms with Gasteiger partial charge in [0.1, 0.15) is 11.7 Å². The zero-order chi connectivity index (χ0) is 25.7. The summed E-state index contributed by atoms with van der Waals surface area (Å²) in [6.45, 7) is 0. The SMILES string of the molecule is COC(=O)[C@@H]1C(=O)NC(SCC(=O)Nc2cccc(Cl)c2Cl)=C(C#N)[C@@H]1c1ccc(OC)c(Br)c1. The maximum atomic E-state index is 12.9. The normalized spacial score (nSPS) is 17.3. The lowest BCUT2D eigenvalue weighted by Crippen LogP contribution is -2.44. The van der Waals surface area contributed by atoms with Crippen LogP contribution >= 0.6 is 50.9 Å². The average Bonchev–Trinajstić information content (AvgIpc) is 2.84. The second kappa shape index (κ2) is 11.8. The first-order valence-electron chi connectivity index (χ1n) is 9.94. The Hall–Kier alpha value is -2.71. The van der Waals surface area contributed by atoms with E-state index in [-0.39, 0.29) is 26.4 Å². The van der Waals surface area contributed by atoms with E-state index in [0.29, 0.717) is 21.5 Å². The summed E-state index contributed by atoms with van der Waals surface area (Å²) in [6, 6.07) is 11.9. The summed E-state index contributed by atoms with van der Waals surface area (Å²) in [4.78, 5) is 38.0. The molecule has 1 heterocycles. The highest BCUT2D eigenvalue weighted by molar-refractivity contribution is 9.10. The van der Waals surface area contributed by atoms with Crippen molar-refractivity contribution >= 4 is 74.4 Å². The van der Waals surface area contributed by atoms with Crippen molar-refractivity contribution in [3.8, 4) is 11.8 Å². The fourth-order valence-corrected chi connectivity index (χ4v) is 5.23. The maximum Gasteiger partial charge on any atom is 0.319 e. The Labute approximate surface area is 224 Å². The predicted molar refractivity (Wildman–Crippen MR) is 137 cm³/mol. The highest BCUT2D eigenvalue weighted by Gasteiger charge is 2.44. The summed E-state index contributed by atoms with van der Waals surface area (Å²) in [5.41, 5.74) is 0.974. The zero-order valence-electron chi connectivity index (χ0n) is 18.4. The number of allylic oxidation sites excluding steroid dienone is 1. The van der Waals surface area contributed by atoms with E-state index in [2.05, 4.69) is 32.6 Å². The van der Waals surface area contributed by atoms with Gasteiger partial charge < -0.3 is 20.1 Å². The lowest BCUT2D eigenvalue weighted by atomic mass is 9.78. The van der Waals surface area contributed by atoms with E-state index in [1.165, 1.54) is 14.2 Å². The standard InChI is InChI=1S/C23H18BrCl2N3O5S/c1-33-16-7-6-11(8-13(16)24)18-12(9-27)22(29-21(31)19(18)23(32)34-2)35-10-17(30)28-15-5-3-4-14(25)20(15)26/h3-8,18-19H,10H2,1-2H3,(H,28,30)(H,29,31)/t18-,19-/m0/s1. The molecule has 0 unspecified atom stereocenters. The van der Waals surface area contributed by atoms with Crippen LogP contribution in [0.2, 0.25) is 10.0 Å². The van der Waals surface area contributed by atoms with Crippen molar-refractivity contribution in [2.75, 3.05) is 25.3 Å².